The number of aromatic amines is 1. The van der Waals surface area contributed by atoms with Crippen LogP contribution in [0.4, 0.5) is 0 Å². The minimum absolute atomic E-state index is 0.0723. The van der Waals surface area contributed by atoms with Crippen LogP contribution in [-0.4, -0.2) is 27.2 Å². The molecule has 1 saturated heterocycles. The van der Waals surface area contributed by atoms with Crippen molar-refractivity contribution < 1.29 is 4.79 Å². The molecule has 0 aromatic carbocycles. The first-order valence-corrected chi connectivity index (χ1v) is 4.06. The monoisotopic (exact) mass is 184 g/mol. The van der Waals surface area contributed by atoms with E-state index in [1.807, 2.05) is 0 Å². The van der Waals surface area contributed by atoms with E-state index >= 15 is 0 Å². The van der Waals surface area contributed by atoms with Crippen molar-refractivity contribution in [3.8, 4) is 0 Å². The number of hydrogen-bond acceptors (Lipinski definition) is 3. The first kappa shape index (κ1) is 7.48. The fourth-order valence-corrected chi connectivity index (χ4v) is 1.55. The van der Waals surface area contributed by atoms with E-state index < -0.39 is 0 Å². The van der Waals surface area contributed by atoms with Gasteiger partial charge in [0, 0.05) is 13.0 Å². The summed E-state index contributed by atoms with van der Waals surface area (Å²) in [6.07, 6.45) is 2.11. The quantitative estimate of drug-likeness (QED) is 0.604. The zero-order chi connectivity index (χ0) is 8.55. The first-order chi connectivity index (χ1) is 5.77. The molecule has 0 bridgehead atoms. The van der Waals surface area contributed by atoms with Gasteiger partial charge in [0.1, 0.15) is 6.33 Å². The molecule has 1 fully saturated rings. The number of nitrogens with zero attached hydrogens (tertiary/aromatic N) is 2. The van der Waals surface area contributed by atoms with Crippen LogP contribution >= 0.6 is 12.2 Å². The fraction of sp³-hybridized carbons (Fsp3) is 0.500. The lowest BCUT2D eigenvalue weighted by Crippen LogP contribution is -2.15. The molecule has 1 unspecified atom stereocenters. The van der Waals surface area contributed by atoms with Crippen LogP contribution in [0.5, 0.6) is 0 Å². The van der Waals surface area contributed by atoms with Gasteiger partial charge in [0.15, 0.2) is 4.77 Å². The van der Waals surface area contributed by atoms with E-state index in [-0.39, 0.29) is 11.9 Å². The van der Waals surface area contributed by atoms with Gasteiger partial charge in [-0.2, -0.15) is 5.10 Å². The van der Waals surface area contributed by atoms with Gasteiger partial charge in [-0.05, 0) is 12.2 Å². The minimum Gasteiger partial charge on any atom is -0.354 e. The van der Waals surface area contributed by atoms with Gasteiger partial charge >= 0.3 is 0 Å². The Balaban J connectivity index is 2.27. The topological polar surface area (TPSA) is 62.7 Å². The molecule has 1 amide bonds. The molecular weight excluding hydrogens is 176 g/mol. The number of aromatic nitrogens is 3. The molecule has 0 radical (unpaired) electrons. The van der Waals surface area contributed by atoms with Crippen LogP contribution in [-0.2, 0) is 4.79 Å². The first-order valence-electron chi connectivity index (χ1n) is 3.65. The largest absolute Gasteiger partial charge is 0.354 e. The molecule has 12 heavy (non-hydrogen) atoms. The Morgan fingerprint density at radius 2 is 2.58 bits per heavy atom. The second kappa shape index (κ2) is 2.71. The number of amides is 1. The molecule has 1 aromatic heterocycles. The summed E-state index contributed by atoms with van der Waals surface area (Å²) >= 11 is 4.97. The number of carbonyl (C=O) groups excluding carboxylic acids is 1. The summed E-state index contributed by atoms with van der Waals surface area (Å²) in [5, 5.41) is 9.17. The van der Waals surface area contributed by atoms with Gasteiger partial charge in [-0.15, -0.1) is 0 Å². The molecule has 2 N–H and O–H groups in total. The van der Waals surface area contributed by atoms with Gasteiger partial charge in [0.25, 0.3) is 0 Å². The van der Waals surface area contributed by atoms with Crippen molar-refractivity contribution in [3.63, 3.8) is 0 Å². The van der Waals surface area contributed by atoms with Crippen LogP contribution in [0.15, 0.2) is 6.33 Å². The van der Waals surface area contributed by atoms with Crippen molar-refractivity contribution in [2.24, 2.45) is 0 Å². The molecule has 1 atom stereocenters. The van der Waals surface area contributed by atoms with E-state index in [9.17, 15) is 4.79 Å². The van der Waals surface area contributed by atoms with Gasteiger partial charge in [-0.25, -0.2) is 0 Å². The molecule has 5 nitrogen and oxygen atoms in total. The SMILES string of the molecule is O=C1CC(n2cn[nH]c2=S)CN1. The maximum absolute atomic E-state index is 10.9. The molecule has 6 heteroatoms. The van der Waals surface area contributed by atoms with Crippen molar-refractivity contribution in [1.29, 1.82) is 0 Å². The molecule has 0 aliphatic carbocycles. The van der Waals surface area contributed by atoms with Gasteiger partial charge in [-0.1, -0.05) is 0 Å². The van der Waals surface area contributed by atoms with Crippen LogP contribution in [0, 0.1) is 4.77 Å². The third kappa shape index (κ3) is 1.14. The van der Waals surface area contributed by atoms with Crippen molar-refractivity contribution in [3.05, 3.63) is 11.1 Å². The molecule has 2 rings (SSSR count). The Morgan fingerprint density at radius 3 is 3.08 bits per heavy atom. The molecule has 1 aliphatic rings. The molecule has 1 aromatic rings. The standard InChI is InChI=1S/C6H8N4OS/c11-5-1-4(2-7-5)10-3-8-9-6(10)12/h3-4H,1-2H2,(H,7,11)(H,9,12). The number of hydrogen-bond donors (Lipinski definition) is 2. The smallest absolute Gasteiger partial charge is 0.222 e. The highest BCUT2D eigenvalue weighted by Gasteiger charge is 2.23. The van der Waals surface area contributed by atoms with Crippen LogP contribution in [0.3, 0.4) is 0 Å². The lowest BCUT2D eigenvalue weighted by atomic mass is 10.2. The molecule has 0 saturated carbocycles. The second-order valence-corrected chi connectivity index (χ2v) is 3.12. The number of H-pyrrole nitrogens is 1. The molecule has 1 aliphatic heterocycles. The summed E-state index contributed by atoms with van der Waals surface area (Å²) in [5.41, 5.74) is 0. The summed E-state index contributed by atoms with van der Waals surface area (Å²) in [6.45, 7) is 0.646. The van der Waals surface area contributed by atoms with E-state index in [1.165, 1.54) is 0 Å². The Bertz CT molecular complexity index is 354. The van der Waals surface area contributed by atoms with Gasteiger partial charge in [0.2, 0.25) is 5.91 Å². The number of nitrogens with one attached hydrogen (secondary N) is 2. The summed E-state index contributed by atoms with van der Waals surface area (Å²) in [5.74, 6) is 0.0723. The molecule has 2 heterocycles. The maximum atomic E-state index is 10.9. The maximum Gasteiger partial charge on any atom is 0.222 e. The third-order valence-corrected chi connectivity index (χ3v) is 2.23. The highest BCUT2D eigenvalue weighted by molar-refractivity contribution is 7.71. The zero-order valence-corrected chi connectivity index (χ0v) is 7.10. The van der Waals surface area contributed by atoms with Crippen LogP contribution in [0.1, 0.15) is 12.5 Å². The van der Waals surface area contributed by atoms with Gasteiger partial charge in [0.05, 0.1) is 6.04 Å². The van der Waals surface area contributed by atoms with E-state index in [0.717, 1.165) is 0 Å². The summed E-state index contributed by atoms with van der Waals surface area (Å²) in [4.78, 5) is 10.9. The van der Waals surface area contributed by atoms with E-state index in [2.05, 4.69) is 15.5 Å². The number of carbonyl (C=O) groups is 1. The predicted molar refractivity (Wildman–Crippen MR) is 44.1 cm³/mol. The van der Waals surface area contributed by atoms with Crippen LogP contribution in [0.2, 0.25) is 0 Å². The zero-order valence-electron chi connectivity index (χ0n) is 6.28. The summed E-state index contributed by atoms with van der Waals surface area (Å²) in [7, 11) is 0. The summed E-state index contributed by atoms with van der Waals surface area (Å²) < 4.78 is 2.37. The fourth-order valence-electron chi connectivity index (χ4n) is 1.30. The van der Waals surface area contributed by atoms with Crippen molar-refractivity contribution in [1.82, 2.24) is 20.1 Å². The van der Waals surface area contributed by atoms with Gasteiger partial charge < -0.3 is 9.88 Å². The Hall–Kier alpha value is -1.17. The highest BCUT2D eigenvalue weighted by atomic mass is 32.1. The van der Waals surface area contributed by atoms with Crippen LogP contribution < -0.4 is 5.32 Å². The molecular formula is C6H8N4OS. The van der Waals surface area contributed by atoms with E-state index in [0.29, 0.717) is 17.7 Å². The normalized spacial score (nSPS) is 22.7. The highest BCUT2D eigenvalue weighted by Crippen LogP contribution is 2.14. The third-order valence-electron chi connectivity index (χ3n) is 1.93. The minimum atomic E-state index is 0.0723. The average molecular weight is 184 g/mol. The van der Waals surface area contributed by atoms with Crippen molar-refractivity contribution >= 4 is 18.1 Å². The second-order valence-electron chi connectivity index (χ2n) is 2.73. The molecule has 64 valence electrons. The average Bonchev–Trinajstić information content (AvgIpc) is 2.58. The van der Waals surface area contributed by atoms with Crippen molar-refractivity contribution in [2.45, 2.75) is 12.5 Å². The molecule has 0 spiro atoms. The van der Waals surface area contributed by atoms with E-state index in [4.69, 9.17) is 12.2 Å². The van der Waals surface area contributed by atoms with Gasteiger partial charge in [-0.3, -0.25) is 9.89 Å². The summed E-state index contributed by atoms with van der Waals surface area (Å²) in [6, 6.07) is 0.128. The Kier molecular flexibility index (Phi) is 1.69. The number of rotatable bonds is 1. The Morgan fingerprint density at radius 1 is 1.75 bits per heavy atom. The predicted octanol–water partition coefficient (Wildman–Crippen LogP) is 0.00169. The van der Waals surface area contributed by atoms with E-state index in [1.54, 1.807) is 10.9 Å². The van der Waals surface area contributed by atoms with Crippen LogP contribution in [0.25, 0.3) is 0 Å². The lowest BCUT2D eigenvalue weighted by Gasteiger charge is -2.06. The Labute approximate surface area is 73.8 Å². The van der Waals surface area contributed by atoms with Crippen molar-refractivity contribution in [2.75, 3.05) is 6.54 Å². The lowest BCUT2D eigenvalue weighted by molar-refractivity contribution is -0.119.